The van der Waals surface area contributed by atoms with Crippen molar-refractivity contribution >= 4 is 11.7 Å². The summed E-state index contributed by atoms with van der Waals surface area (Å²) < 4.78 is 11.6. The van der Waals surface area contributed by atoms with Crippen LogP contribution in [0.1, 0.15) is 34.3 Å². The van der Waals surface area contributed by atoms with Gasteiger partial charge in [0.2, 0.25) is 5.91 Å². The molecule has 1 amide bonds. The Morgan fingerprint density at radius 1 is 1.04 bits per heavy atom. The first-order valence-corrected chi connectivity index (χ1v) is 9.17. The molecule has 0 saturated heterocycles. The van der Waals surface area contributed by atoms with E-state index >= 15 is 0 Å². The summed E-state index contributed by atoms with van der Waals surface area (Å²) in [6.45, 7) is 4.81. The molecule has 5 nitrogen and oxygen atoms in total. The third-order valence-corrected chi connectivity index (χ3v) is 4.87. The van der Waals surface area contributed by atoms with Gasteiger partial charge in [0.05, 0.1) is 6.54 Å². The second-order valence-electron chi connectivity index (χ2n) is 6.99. The molecule has 5 heteroatoms. The Bertz CT molecular complexity index is 846. The van der Waals surface area contributed by atoms with Crippen LogP contribution in [0.25, 0.3) is 0 Å². The second-order valence-corrected chi connectivity index (χ2v) is 6.99. The highest BCUT2D eigenvalue weighted by Gasteiger charge is 2.24. The monoisotopic (exact) mass is 367 g/mol. The summed E-state index contributed by atoms with van der Waals surface area (Å²) in [5.41, 5.74) is 2.90. The number of hydrogen-bond donors (Lipinski definition) is 0. The lowest BCUT2D eigenvalue weighted by atomic mass is 10.0. The van der Waals surface area contributed by atoms with E-state index in [9.17, 15) is 9.59 Å². The molecule has 3 rings (SSSR count). The number of likely N-dealkylation sites (N-methyl/N-ethyl adjacent to an activating group) is 1. The van der Waals surface area contributed by atoms with Crippen LogP contribution in [-0.4, -0.2) is 42.9 Å². The van der Waals surface area contributed by atoms with Gasteiger partial charge in [-0.2, -0.15) is 0 Å². The number of ketones is 1. The number of Topliss-reactive ketones (excluding diaryl/α,β-unsaturated/α-hetero) is 1. The molecule has 0 spiro atoms. The minimum atomic E-state index is -0.218. The Labute approximate surface area is 159 Å². The van der Waals surface area contributed by atoms with Crippen LogP contribution in [-0.2, 0) is 4.79 Å². The number of amides is 1. The van der Waals surface area contributed by atoms with Gasteiger partial charge >= 0.3 is 0 Å². The smallest absolute Gasteiger partial charge is 0.222 e. The summed E-state index contributed by atoms with van der Waals surface area (Å²) in [5.74, 6) is 1.34. The van der Waals surface area contributed by atoms with Gasteiger partial charge in [-0.25, -0.2) is 0 Å². The van der Waals surface area contributed by atoms with Crippen LogP contribution in [0.15, 0.2) is 42.5 Å². The first-order valence-electron chi connectivity index (χ1n) is 9.17. The van der Waals surface area contributed by atoms with Crippen LogP contribution < -0.4 is 9.47 Å². The lowest BCUT2D eigenvalue weighted by Gasteiger charge is -2.29. The van der Waals surface area contributed by atoms with Crippen molar-refractivity contribution in [3.63, 3.8) is 0 Å². The molecule has 0 aliphatic carbocycles. The van der Waals surface area contributed by atoms with Crippen molar-refractivity contribution < 1.29 is 19.1 Å². The summed E-state index contributed by atoms with van der Waals surface area (Å²) in [6.07, 6.45) is 0.174. The van der Waals surface area contributed by atoms with Crippen molar-refractivity contribution in [2.24, 2.45) is 0 Å². The van der Waals surface area contributed by atoms with E-state index in [4.69, 9.17) is 9.47 Å². The summed E-state index contributed by atoms with van der Waals surface area (Å²) in [7, 11) is 1.73. The molecular weight excluding hydrogens is 342 g/mol. The Hall–Kier alpha value is -2.82. The van der Waals surface area contributed by atoms with E-state index in [1.54, 1.807) is 11.9 Å². The lowest BCUT2D eigenvalue weighted by Crippen LogP contribution is -2.41. The third kappa shape index (κ3) is 4.67. The number of carbonyl (C=O) groups is 2. The van der Waals surface area contributed by atoms with E-state index in [0.717, 1.165) is 16.9 Å². The van der Waals surface area contributed by atoms with Crippen LogP contribution in [0, 0.1) is 13.8 Å². The van der Waals surface area contributed by atoms with Gasteiger partial charge in [0.15, 0.2) is 23.4 Å². The SMILES string of the molecule is Cc1ccc(C(=O)CCC(=O)N(C)C[C@H]2COc3ccccc3O2)cc1C. The zero-order chi connectivity index (χ0) is 19.4. The van der Waals surface area contributed by atoms with Gasteiger partial charge in [0, 0.05) is 25.5 Å². The largest absolute Gasteiger partial charge is 0.486 e. The van der Waals surface area contributed by atoms with Crippen LogP contribution in [0.3, 0.4) is 0 Å². The fourth-order valence-corrected chi connectivity index (χ4v) is 3.03. The first-order chi connectivity index (χ1) is 12.9. The highest BCUT2D eigenvalue weighted by atomic mass is 16.6. The van der Waals surface area contributed by atoms with Crippen molar-refractivity contribution in [3.8, 4) is 11.5 Å². The standard InChI is InChI=1S/C22H25NO4/c1-15-8-9-17(12-16(15)2)19(24)10-11-22(25)23(3)13-18-14-26-20-6-4-5-7-21(20)27-18/h4-9,12,18H,10-11,13-14H2,1-3H3/t18-/m0/s1. The molecule has 142 valence electrons. The topological polar surface area (TPSA) is 55.8 Å². The van der Waals surface area contributed by atoms with Crippen molar-refractivity contribution in [1.82, 2.24) is 4.90 Å². The van der Waals surface area contributed by atoms with E-state index in [1.807, 2.05) is 56.3 Å². The molecule has 2 aromatic carbocycles. The van der Waals surface area contributed by atoms with E-state index in [1.165, 1.54) is 0 Å². The van der Waals surface area contributed by atoms with Crippen molar-refractivity contribution in [3.05, 3.63) is 59.2 Å². The maximum Gasteiger partial charge on any atom is 0.222 e. The molecule has 1 aliphatic heterocycles. The maximum atomic E-state index is 12.4. The number of hydrogen-bond acceptors (Lipinski definition) is 4. The molecular formula is C22H25NO4. The van der Waals surface area contributed by atoms with Gasteiger partial charge in [-0.3, -0.25) is 9.59 Å². The quantitative estimate of drug-likeness (QED) is 0.733. The number of nitrogens with zero attached hydrogens (tertiary/aromatic N) is 1. The average molecular weight is 367 g/mol. The predicted octanol–water partition coefficient (Wildman–Crippen LogP) is 3.56. The van der Waals surface area contributed by atoms with Crippen LogP contribution in [0.4, 0.5) is 0 Å². The summed E-state index contributed by atoms with van der Waals surface area (Å²) in [6, 6.07) is 13.1. The van der Waals surface area contributed by atoms with Crippen LogP contribution in [0.5, 0.6) is 11.5 Å². The molecule has 1 aliphatic rings. The molecule has 2 aromatic rings. The van der Waals surface area contributed by atoms with Crippen molar-refractivity contribution in [1.29, 1.82) is 0 Å². The average Bonchev–Trinajstić information content (AvgIpc) is 2.67. The normalized spacial score (nSPS) is 15.3. The molecule has 1 heterocycles. The van der Waals surface area contributed by atoms with Gasteiger partial charge in [0.25, 0.3) is 0 Å². The van der Waals surface area contributed by atoms with E-state index < -0.39 is 0 Å². The number of carbonyl (C=O) groups excluding carboxylic acids is 2. The maximum absolute atomic E-state index is 12.4. The fraction of sp³-hybridized carbons (Fsp3) is 0.364. The van der Waals surface area contributed by atoms with E-state index in [2.05, 4.69) is 0 Å². The number of aryl methyl sites for hydroxylation is 2. The third-order valence-electron chi connectivity index (χ3n) is 4.87. The fourth-order valence-electron chi connectivity index (χ4n) is 3.03. The Morgan fingerprint density at radius 3 is 2.52 bits per heavy atom. The molecule has 27 heavy (non-hydrogen) atoms. The molecule has 0 bridgehead atoms. The molecule has 0 saturated carbocycles. The first kappa shape index (κ1) is 19.0. The van der Waals surface area contributed by atoms with E-state index in [0.29, 0.717) is 24.5 Å². The molecule has 0 radical (unpaired) electrons. The van der Waals surface area contributed by atoms with Crippen molar-refractivity contribution in [2.75, 3.05) is 20.2 Å². The summed E-state index contributed by atoms with van der Waals surface area (Å²) in [5, 5.41) is 0. The van der Waals surface area contributed by atoms with Gasteiger partial charge in [-0.15, -0.1) is 0 Å². The van der Waals surface area contributed by atoms with Crippen molar-refractivity contribution in [2.45, 2.75) is 32.8 Å². The summed E-state index contributed by atoms with van der Waals surface area (Å²) >= 11 is 0. The molecule has 0 N–H and O–H groups in total. The molecule has 1 atom stereocenters. The zero-order valence-corrected chi connectivity index (χ0v) is 16.0. The predicted molar refractivity (Wildman–Crippen MR) is 103 cm³/mol. The van der Waals surface area contributed by atoms with E-state index in [-0.39, 0.29) is 30.6 Å². The number of fused-ring (bicyclic) bond motifs is 1. The summed E-state index contributed by atoms with van der Waals surface area (Å²) in [4.78, 5) is 26.4. The lowest BCUT2D eigenvalue weighted by molar-refractivity contribution is -0.131. The number of benzene rings is 2. The number of ether oxygens (including phenoxy) is 2. The Kier molecular flexibility index (Phi) is 5.79. The molecule has 0 fully saturated rings. The highest BCUT2D eigenvalue weighted by molar-refractivity contribution is 5.98. The molecule has 0 unspecified atom stereocenters. The molecule has 0 aromatic heterocycles. The van der Waals surface area contributed by atoms with Gasteiger partial charge in [-0.1, -0.05) is 24.3 Å². The highest BCUT2D eigenvalue weighted by Crippen LogP contribution is 2.31. The van der Waals surface area contributed by atoms with Gasteiger partial charge < -0.3 is 14.4 Å². The minimum absolute atomic E-state index is 0.00831. The second kappa shape index (κ2) is 8.25. The van der Waals surface area contributed by atoms with Gasteiger partial charge in [-0.05, 0) is 43.2 Å². The zero-order valence-electron chi connectivity index (χ0n) is 16.0. The van der Waals surface area contributed by atoms with Gasteiger partial charge in [0.1, 0.15) is 6.61 Å². The Morgan fingerprint density at radius 2 is 1.78 bits per heavy atom. The van der Waals surface area contributed by atoms with Crippen LogP contribution >= 0.6 is 0 Å². The minimum Gasteiger partial charge on any atom is -0.486 e. The number of rotatable bonds is 6. The Balaban J connectivity index is 1.49. The number of para-hydroxylation sites is 2. The van der Waals surface area contributed by atoms with Crippen LogP contribution in [0.2, 0.25) is 0 Å².